The van der Waals surface area contributed by atoms with E-state index in [1.54, 1.807) is 18.2 Å². The number of halogens is 3. The third-order valence-corrected chi connectivity index (χ3v) is 3.42. The molecular formula is C16H15F3N4O3S. The van der Waals surface area contributed by atoms with E-state index in [1.807, 2.05) is 0 Å². The molecule has 0 heterocycles. The van der Waals surface area contributed by atoms with E-state index in [-0.39, 0.29) is 16.5 Å². The number of para-hydroxylation sites is 2. The molecule has 0 aliphatic carbocycles. The number of alkyl halides is 3. The van der Waals surface area contributed by atoms with Gasteiger partial charge in [0.25, 0.3) is 5.69 Å². The summed E-state index contributed by atoms with van der Waals surface area (Å²) in [5.41, 5.74) is 0.844. The van der Waals surface area contributed by atoms with Crippen LogP contribution in [0.5, 0.6) is 5.75 Å². The maximum absolute atomic E-state index is 12.1. The fourth-order valence-corrected chi connectivity index (χ4v) is 2.29. The molecule has 2 aromatic rings. The predicted molar refractivity (Wildman–Crippen MR) is 98.9 cm³/mol. The lowest BCUT2D eigenvalue weighted by molar-refractivity contribution is -0.384. The first-order valence-electron chi connectivity index (χ1n) is 7.62. The van der Waals surface area contributed by atoms with Gasteiger partial charge >= 0.3 is 6.36 Å². The van der Waals surface area contributed by atoms with Crippen LogP contribution in [0.3, 0.4) is 0 Å². The topological polar surface area (TPSA) is 88.5 Å². The fraction of sp³-hybridized carbons (Fsp3) is 0.188. The van der Waals surface area contributed by atoms with Crippen LogP contribution in [-0.4, -0.2) is 29.5 Å². The zero-order valence-corrected chi connectivity index (χ0v) is 14.6. The van der Waals surface area contributed by atoms with E-state index in [1.165, 1.54) is 18.2 Å². The van der Waals surface area contributed by atoms with E-state index in [4.69, 9.17) is 12.2 Å². The summed E-state index contributed by atoms with van der Waals surface area (Å²) in [5, 5.41) is 19.8. The largest absolute Gasteiger partial charge is 0.573 e. The third-order valence-electron chi connectivity index (χ3n) is 3.17. The second-order valence-corrected chi connectivity index (χ2v) is 5.56. The SMILES string of the molecule is O=[N+]([O-])c1ccccc1NCCNC(=S)Nc1ccc(OC(F)(F)F)cc1. The van der Waals surface area contributed by atoms with E-state index in [9.17, 15) is 23.3 Å². The molecule has 0 atom stereocenters. The van der Waals surface area contributed by atoms with Crippen LogP contribution < -0.4 is 20.7 Å². The van der Waals surface area contributed by atoms with Crippen molar-refractivity contribution in [2.45, 2.75) is 6.36 Å². The molecule has 0 amide bonds. The lowest BCUT2D eigenvalue weighted by atomic mass is 10.2. The quantitative estimate of drug-likeness (QED) is 0.281. The van der Waals surface area contributed by atoms with E-state index in [0.717, 1.165) is 12.1 Å². The monoisotopic (exact) mass is 400 g/mol. The molecule has 2 aromatic carbocycles. The van der Waals surface area contributed by atoms with Crippen molar-refractivity contribution < 1.29 is 22.8 Å². The van der Waals surface area contributed by atoms with Crippen LogP contribution in [0, 0.1) is 10.1 Å². The zero-order chi connectivity index (χ0) is 19.9. The van der Waals surface area contributed by atoms with E-state index in [2.05, 4.69) is 20.7 Å². The molecule has 0 fully saturated rings. The van der Waals surface area contributed by atoms with Crippen LogP contribution in [0.25, 0.3) is 0 Å². The lowest BCUT2D eigenvalue weighted by Crippen LogP contribution is -2.32. The van der Waals surface area contributed by atoms with Gasteiger partial charge in [-0.1, -0.05) is 12.1 Å². The van der Waals surface area contributed by atoms with Gasteiger partial charge in [-0.05, 0) is 42.5 Å². The minimum Gasteiger partial charge on any atom is -0.406 e. The molecule has 0 saturated carbocycles. The molecule has 3 N–H and O–H groups in total. The number of thiocarbonyl (C=S) groups is 1. The molecule has 7 nitrogen and oxygen atoms in total. The highest BCUT2D eigenvalue weighted by molar-refractivity contribution is 7.80. The second-order valence-electron chi connectivity index (χ2n) is 5.15. The molecule has 27 heavy (non-hydrogen) atoms. The fourth-order valence-electron chi connectivity index (χ4n) is 2.07. The van der Waals surface area contributed by atoms with Gasteiger partial charge in [-0.2, -0.15) is 0 Å². The van der Waals surface area contributed by atoms with Gasteiger partial charge in [0, 0.05) is 24.8 Å². The van der Waals surface area contributed by atoms with Gasteiger partial charge in [-0.15, -0.1) is 13.2 Å². The van der Waals surface area contributed by atoms with E-state index < -0.39 is 11.3 Å². The first-order chi connectivity index (χ1) is 12.7. The number of nitrogens with zero attached hydrogens (tertiary/aromatic N) is 1. The summed E-state index contributed by atoms with van der Waals surface area (Å²) in [4.78, 5) is 10.4. The Bertz CT molecular complexity index is 800. The van der Waals surface area contributed by atoms with Crippen molar-refractivity contribution in [2.75, 3.05) is 23.7 Å². The number of rotatable bonds is 7. The first kappa shape index (κ1) is 20.2. The summed E-state index contributed by atoms with van der Waals surface area (Å²) in [7, 11) is 0. The summed E-state index contributed by atoms with van der Waals surface area (Å²) in [6.07, 6.45) is -4.74. The number of nitro groups is 1. The molecule has 11 heteroatoms. The van der Waals surface area contributed by atoms with Crippen molar-refractivity contribution in [3.8, 4) is 5.75 Å². The van der Waals surface area contributed by atoms with Crippen molar-refractivity contribution in [3.05, 3.63) is 58.6 Å². The van der Waals surface area contributed by atoms with Crippen molar-refractivity contribution in [1.82, 2.24) is 5.32 Å². The highest BCUT2D eigenvalue weighted by atomic mass is 32.1. The van der Waals surface area contributed by atoms with Gasteiger partial charge in [0.2, 0.25) is 0 Å². The normalized spacial score (nSPS) is 10.8. The smallest absolute Gasteiger partial charge is 0.406 e. The third kappa shape index (κ3) is 6.98. The first-order valence-corrected chi connectivity index (χ1v) is 8.03. The number of hydrogen-bond acceptors (Lipinski definition) is 5. The summed E-state index contributed by atoms with van der Waals surface area (Å²) < 4.78 is 40.1. The average molecular weight is 400 g/mol. The minimum atomic E-state index is -4.74. The van der Waals surface area contributed by atoms with E-state index in [0.29, 0.717) is 24.5 Å². The molecule has 0 aliphatic rings. The minimum absolute atomic E-state index is 0.0284. The van der Waals surface area contributed by atoms with Gasteiger partial charge in [0.15, 0.2) is 5.11 Å². The lowest BCUT2D eigenvalue weighted by Gasteiger charge is -2.13. The Kier molecular flexibility index (Phi) is 6.77. The van der Waals surface area contributed by atoms with Gasteiger partial charge in [0.05, 0.1) is 4.92 Å². The Labute approximate surface area is 157 Å². The Balaban J connectivity index is 1.76. The number of benzene rings is 2. The molecule has 0 radical (unpaired) electrons. The van der Waals surface area contributed by atoms with Gasteiger partial charge < -0.3 is 20.7 Å². The molecule has 0 spiro atoms. The maximum Gasteiger partial charge on any atom is 0.573 e. The molecule has 0 aliphatic heterocycles. The highest BCUT2D eigenvalue weighted by Gasteiger charge is 2.30. The standard InChI is InChI=1S/C16H15F3N4O3S/c17-16(18,19)26-12-7-5-11(6-8-12)22-15(27)21-10-9-20-13-3-1-2-4-14(13)23(24)25/h1-8,20H,9-10H2,(H2,21,22,27). The second kappa shape index (κ2) is 9.03. The summed E-state index contributed by atoms with van der Waals surface area (Å²) in [6.45, 7) is 0.734. The van der Waals surface area contributed by atoms with Crippen LogP contribution in [0.4, 0.5) is 30.2 Å². The van der Waals surface area contributed by atoms with Crippen LogP contribution >= 0.6 is 12.2 Å². The Hall–Kier alpha value is -3.08. The van der Waals surface area contributed by atoms with Crippen LogP contribution in [0.1, 0.15) is 0 Å². The van der Waals surface area contributed by atoms with Crippen LogP contribution in [-0.2, 0) is 0 Å². The molecule has 144 valence electrons. The van der Waals surface area contributed by atoms with Crippen molar-refractivity contribution in [2.24, 2.45) is 0 Å². The van der Waals surface area contributed by atoms with Crippen molar-refractivity contribution in [1.29, 1.82) is 0 Å². The number of nitrogens with one attached hydrogen (secondary N) is 3. The highest BCUT2D eigenvalue weighted by Crippen LogP contribution is 2.24. The Morgan fingerprint density at radius 3 is 2.41 bits per heavy atom. The number of anilines is 2. The molecule has 0 unspecified atom stereocenters. The number of ether oxygens (including phenoxy) is 1. The van der Waals surface area contributed by atoms with E-state index >= 15 is 0 Å². The summed E-state index contributed by atoms with van der Waals surface area (Å²) >= 11 is 5.08. The maximum atomic E-state index is 12.1. The van der Waals surface area contributed by atoms with Gasteiger partial charge in [-0.25, -0.2) is 0 Å². The molecule has 0 aromatic heterocycles. The molecule has 0 bridgehead atoms. The van der Waals surface area contributed by atoms with Gasteiger partial charge in [-0.3, -0.25) is 10.1 Å². The van der Waals surface area contributed by atoms with Crippen LogP contribution in [0.15, 0.2) is 48.5 Å². The van der Waals surface area contributed by atoms with Crippen LogP contribution in [0.2, 0.25) is 0 Å². The Morgan fingerprint density at radius 2 is 1.78 bits per heavy atom. The average Bonchev–Trinajstić information content (AvgIpc) is 2.59. The predicted octanol–water partition coefficient (Wildman–Crippen LogP) is 3.89. The number of hydrogen-bond donors (Lipinski definition) is 3. The molecule has 2 rings (SSSR count). The van der Waals surface area contributed by atoms with Crippen molar-refractivity contribution in [3.63, 3.8) is 0 Å². The van der Waals surface area contributed by atoms with Crippen molar-refractivity contribution >= 4 is 34.4 Å². The molecule has 0 saturated heterocycles. The Morgan fingerprint density at radius 1 is 1.11 bits per heavy atom. The number of nitro benzene ring substituents is 1. The van der Waals surface area contributed by atoms with Gasteiger partial charge in [0.1, 0.15) is 11.4 Å². The zero-order valence-electron chi connectivity index (χ0n) is 13.7. The summed E-state index contributed by atoms with van der Waals surface area (Å²) in [5.74, 6) is -0.333. The molecular weight excluding hydrogens is 385 g/mol. The summed E-state index contributed by atoms with van der Waals surface area (Å²) in [6, 6.07) is 11.4.